The van der Waals surface area contributed by atoms with Crippen molar-refractivity contribution in [1.29, 1.82) is 0 Å². The lowest BCUT2D eigenvalue weighted by Crippen LogP contribution is -2.54. The molecule has 6 nitrogen and oxygen atoms in total. The molecule has 146 valence electrons. The first-order valence-corrected chi connectivity index (χ1v) is 8.99. The maximum Gasteiger partial charge on any atom is 0.218 e. The minimum absolute atomic E-state index is 0.492. The molecule has 2 atom stereocenters. The SMILES string of the molecule is CC1(C)OOC(c2ccc(C3OOC(C)(C)C(C)(C)O3)cc2)OC1(C)C. The normalized spacial score (nSPS) is 32.2. The average Bonchev–Trinajstić information content (AvgIpc) is 2.53. The van der Waals surface area contributed by atoms with Gasteiger partial charge in [-0.15, -0.1) is 0 Å². The summed E-state index contributed by atoms with van der Waals surface area (Å²) < 4.78 is 12.2. The van der Waals surface area contributed by atoms with Gasteiger partial charge in [0.25, 0.3) is 0 Å². The van der Waals surface area contributed by atoms with E-state index in [2.05, 4.69) is 0 Å². The zero-order chi connectivity index (χ0) is 19.4. The predicted molar refractivity (Wildman–Crippen MR) is 94.8 cm³/mol. The zero-order valence-corrected chi connectivity index (χ0v) is 16.9. The summed E-state index contributed by atoms with van der Waals surface area (Å²) in [6.45, 7) is 15.7. The van der Waals surface area contributed by atoms with Crippen LogP contribution in [0.3, 0.4) is 0 Å². The van der Waals surface area contributed by atoms with Crippen molar-refractivity contribution in [2.45, 2.75) is 90.4 Å². The second-order valence-electron chi connectivity index (χ2n) is 8.97. The molecule has 1 aromatic rings. The first-order valence-electron chi connectivity index (χ1n) is 8.99. The maximum absolute atomic E-state index is 6.09. The summed E-state index contributed by atoms with van der Waals surface area (Å²) in [7, 11) is 0. The third-order valence-electron chi connectivity index (χ3n) is 5.87. The molecule has 0 spiro atoms. The van der Waals surface area contributed by atoms with Gasteiger partial charge in [0.15, 0.2) is 0 Å². The van der Waals surface area contributed by atoms with E-state index in [4.69, 9.17) is 29.0 Å². The minimum atomic E-state index is -0.591. The van der Waals surface area contributed by atoms with Crippen molar-refractivity contribution < 1.29 is 29.0 Å². The van der Waals surface area contributed by atoms with Crippen molar-refractivity contribution in [3.05, 3.63) is 35.4 Å². The average molecular weight is 366 g/mol. The summed E-state index contributed by atoms with van der Waals surface area (Å²) in [5.74, 6) is 0. The Labute approximate surface area is 155 Å². The van der Waals surface area contributed by atoms with Crippen LogP contribution in [-0.4, -0.2) is 22.4 Å². The van der Waals surface area contributed by atoms with E-state index in [1.165, 1.54) is 0 Å². The third kappa shape index (κ3) is 3.42. The number of benzene rings is 1. The predicted octanol–water partition coefficient (Wildman–Crippen LogP) is 4.76. The van der Waals surface area contributed by atoms with Crippen molar-refractivity contribution in [2.24, 2.45) is 0 Å². The summed E-state index contributed by atoms with van der Waals surface area (Å²) in [6.07, 6.45) is -1.18. The van der Waals surface area contributed by atoms with Gasteiger partial charge in [-0.1, -0.05) is 24.3 Å². The molecule has 6 heteroatoms. The molecular formula is C20H30O6. The molecule has 1 aromatic carbocycles. The van der Waals surface area contributed by atoms with Crippen LogP contribution >= 0.6 is 0 Å². The van der Waals surface area contributed by atoms with E-state index in [-0.39, 0.29) is 0 Å². The highest BCUT2D eigenvalue weighted by molar-refractivity contribution is 5.25. The Morgan fingerprint density at radius 1 is 0.538 bits per heavy atom. The summed E-state index contributed by atoms with van der Waals surface area (Å²) in [4.78, 5) is 22.0. The number of rotatable bonds is 2. The largest absolute Gasteiger partial charge is 0.337 e. The van der Waals surface area contributed by atoms with E-state index < -0.39 is 35.0 Å². The molecule has 2 heterocycles. The molecule has 0 saturated carbocycles. The van der Waals surface area contributed by atoms with E-state index in [0.29, 0.717) is 0 Å². The van der Waals surface area contributed by atoms with Gasteiger partial charge >= 0.3 is 0 Å². The van der Waals surface area contributed by atoms with Crippen molar-refractivity contribution in [3.8, 4) is 0 Å². The Bertz CT molecular complexity index is 590. The molecule has 0 bridgehead atoms. The second kappa shape index (κ2) is 6.26. The van der Waals surface area contributed by atoms with E-state index in [1.807, 2.05) is 79.7 Å². The number of hydrogen-bond donors (Lipinski definition) is 0. The highest BCUT2D eigenvalue weighted by atomic mass is 17.2. The van der Waals surface area contributed by atoms with Crippen molar-refractivity contribution in [1.82, 2.24) is 0 Å². The van der Waals surface area contributed by atoms with Crippen LogP contribution in [0, 0.1) is 0 Å². The van der Waals surface area contributed by atoms with Gasteiger partial charge in [-0.2, -0.15) is 9.78 Å². The Morgan fingerprint density at radius 3 is 1.12 bits per heavy atom. The molecule has 3 rings (SSSR count). The lowest BCUT2D eigenvalue weighted by molar-refractivity contribution is -0.505. The van der Waals surface area contributed by atoms with Gasteiger partial charge in [0.1, 0.15) is 11.2 Å². The molecular weight excluding hydrogens is 336 g/mol. The van der Waals surface area contributed by atoms with Crippen LogP contribution in [0.1, 0.15) is 79.1 Å². The van der Waals surface area contributed by atoms with Crippen molar-refractivity contribution >= 4 is 0 Å². The van der Waals surface area contributed by atoms with Gasteiger partial charge in [-0.25, -0.2) is 9.78 Å². The lowest BCUT2D eigenvalue weighted by atomic mass is 9.89. The zero-order valence-electron chi connectivity index (χ0n) is 16.9. The summed E-state index contributed by atoms with van der Waals surface area (Å²) in [5.41, 5.74) is -0.352. The molecule has 0 N–H and O–H groups in total. The fourth-order valence-corrected chi connectivity index (χ4v) is 2.44. The molecule has 0 amide bonds. The number of ether oxygens (including phenoxy) is 2. The molecule has 2 aliphatic rings. The molecule has 2 unspecified atom stereocenters. The standard InChI is InChI=1S/C20H30O6/c1-17(2)19(5,6)25-23-15(21-17)13-9-11-14(12-10-13)16-22-18(3,4)20(7,8)26-24-16/h9-12,15-16H,1-8H3. The first kappa shape index (κ1) is 19.7. The summed E-state index contributed by atoms with van der Waals surface area (Å²) in [6, 6.07) is 7.66. The van der Waals surface area contributed by atoms with E-state index in [1.54, 1.807) is 0 Å². The Morgan fingerprint density at radius 2 is 0.846 bits per heavy atom. The quantitative estimate of drug-likeness (QED) is 0.704. The van der Waals surface area contributed by atoms with Crippen molar-refractivity contribution in [2.75, 3.05) is 0 Å². The van der Waals surface area contributed by atoms with Crippen LogP contribution in [0.4, 0.5) is 0 Å². The molecule has 0 aromatic heterocycles. The molecule has 2 fully saturated rings. The fraction of sp³-hybridized carbons (Fsp3) is 0.700. The monoisotopic (exact) mass is 366 g/mol. The highest BCUT2D eigenvalue weighted by Crippen LogP contribution is 2.42. The smallest absolute Gasteiger partial charge is 0.218 e. The van der Waals surface area contributed by atoms with E-state index in [0.717, 1.165) is 11.1 Å². The van der Waals surface area contributed by atoms with Crippen LogP contribution in [0.25, 0.3) is 0 Å². The van der Waals surface area contributed by atoms with Gasteiger partial charge in [-0.3, -0.25) is 0 Å². The summed E-state index contributed by atoms with van der Waals surface area (Å²) >= 11 is 0. The van der Waals surface area contributed by atoms with E-state index in [9.17, 15) is 0 Å². The molecule has 2 aliphatic heterocycles. The maximum atomic E-state index is 6.09. The Kier molecular flexibility index (Phi) is 4.75. The van der Waals surface area contributed by atoms with Crippen LogP contribution in [0.2, 0.25) is 0 Å². The Balaban J connectivity index is 1.72. The third-order valence-corrected chi connectivity index (χ3v) is 5.87. The first-order chi connectivity index (χ1) is 11.8. The lowest BCUT2D eigenvalue weighted by Gasteiger charge is -2.46. The van der Waals surface area contributed by atoms with Gasteiger partial charge in [0.05, 0.1) is 11.2 Å². The second-order valence-corrected chi connectivity index (χ2v) is 8.97. The van der Waals surface area contributed by atoms with Gasteiger partial charge in [0, 0.05) is 11.1 Å². The summed E-state index contributed by atoms with van der Waals surface area (Å²) in [5, 5.41) is 0. The van der Waals surface area contributed by atoms with Crippen molar-refractivity contribution in [3.63, 3.8) is 0 Å². The molecule has 26 heavy (non-hydrogen) atoms. The van der Waals surface area contributed by atoms with Crippen LogP contribution in [0.15, 0.2) is 24.3 Å². The molecule has 0 radical (unpaired) electrons. The van der Waals surface area contributed by atoms with E-state index >= 15 is 0 Å². The Hall–Kier alpha value is -1.02. The van der Waals surface area contributed by atoms with Gasteiger partial charge < -0.3 is 9.47 Å². The minimum Gasteiger partial charge on any atom is -0.337 e. The van der Waals surface area contributed by atoms with Crippen LogP contribution in [-0.2, 0) is 29.0 Å². The fourth-order valence-electron chi connectivity index (χ4n) is 2.44. The number of hydrogen-bond acceptors (Lipinski definition) is 6. The highest BCUT2D eigenvalue weighted by Gasteiger charge is 2.48. The topological polar surface area (TPSA) is 55.4 Å². The van der Waals surface area contributed by atoms with Gasteiger partial charge in [0.2, 0.25) is 12.6 Å². The van der Waals surface area contributed by atoms with Gasteiger partial charge in [-0.05, 0) is 55.4 Å². The van der Waals surface area contributed by atoms with Crippen LogP contribution in [0.5, 0.6) is 0 Å². The van der Waals surface area contributed by atoms with Crippen LogP contribution < -0.4 is 0 Å². The molecule has 0 aliphatic carbocycles. The molecule has 2 saturated heterocycles.